The van der Waals surface area contributed by atoms with Crippen molar-refractivity contribution in [1.29, 1.82) is 0 Å². The van der Waals surface area contributed by atoms with Gasteiger partial charge in [-0.25, -0.2) is 23.0 Å². The van der Waals surface area contributed by atoms with Crippen LogP contribution in [0.5, 0.6) is 11.5 Å². The van der Waals surface area contributed by atoms with E-state index in [0.717, 1.165) is 12.3 Å². The summed E-state index contributed by atoms with van der Waals surface area (Å²) in [5, 5.41) is 17.9. The number of rotatable bonds is 7. The van der Waals surface area contributed by atoms with Crippen LogP contribution in [0.4, 0.5) is 23.2 Å². The lowest BCUT2D eigenvalue weighted by molar-refractivity contribution is -0.385. The highest BCUT2D eigenvalue weighted by Gasteiger charge is 2.23. The van der Waals surface area contributed by atoms with Crippen molar-refractivity contribution in [2.24, 2.45) is 5.10 Å². The zero-order valence-corrected chi connectivity index (χ0v) is 14.2. The molecule has 29 heavy (non-hydrogen) atoms. The maximum Gasteiger partial charge on any atom is 0.282 e. The van der Waals surface area contributed by atoms with Gasteiger partial charge in [-0.15, -0.1) is 0 Å². The first kappa shape index (κ1) is 20.0. The van der Waals surface area contributed by atoms with Crippen molar-refractivity contribution in [3.05, 3.63) is 45.3 Å². The highest BCUT2D eigenvalue weighted by molar-refractivity contribution is 5.88. The molecule has 154 valence electrons. The number of carbonyl (C=O) groups is 1. The summed E-state index contributed by atoms with van der Waals surface area (Å²) in [4.78, 5) is 22.3. The zero-order valence-electron chi connectivity index (χ0n) is 14.2. The van der Waals surface area contributed by atoms with Crippen LogP contribution in [0.1, 0.15) is 29.8 Å². The Morgan fingerprint density at radius 3 is 2.59 bits per heavy atom. The van der Waals surface area contributed by atoms with Crippen LogP contribution in [0, 0.1) is 10.1 Å². The molecule has 2 aromatic rings. The normalized spacial score (nSPS) is 12.9. The molecule has 0 spiro atoms. The van der Waals surface area contributed by atoms with E-state index < -0.39 is 41.6 Å². The van der Waals surface area contributed by atoms with E-state index in [4.69, 9.17) is 9.47 Å². The lowest BCUT2D eigenvalue weighted by atomic mass is 10.1. The second-order valence-corrected chi connectivity index (χ2v) is 5.57. The number of carbonyl (C=O) groups excluding carboxylic acids is 1. The molecule has 1 aliphatic heterocycles. The number of hydrogen-bond donors (Lipinski definition) is 1. The van der Waals surface area contributed by atoms with Crippen LogP contribution in [0.25, 0.3) is 0 Å². The summed E-state index contributed by atoms with van der Waals surface area (Å²) in [6.07, 6.45) is -5.26. The van der Waals surface area contributed by atoms with E-state index >= 15 is 0 Å². The quantitative estimate of drug-likeness (QED) is 0.320. The number of amides is 1. The number of nitro benzene ring substituents is 1. The number of nitrogens with zero attached hydrogens (tertiary/aromatic N) is 4. The molecule has 0 atom stereocenters. The van der Waals surface area contributed by atoms with E-state index in [1.54, 1.807) is 0 Å². The van der Waals surface area contributed by atoms with E-state index in [2.05, 4.69) is 10.2 Å². The van der Waals surface area contributed by atoms with Gasteiger partial charge in [0.25, 0.3) is 24.4 Å². The molecule has 1 aliphatic rings. The Balaban J connectivity index is 1.72. The van der Waals surface area contributed by atoms with E-state index in [1.165, 1.54) is 6.07 Å². The molecule has 2 heterocycles. The molecule has 0 radical (unpaired) electrons. The maximum absolute atomic E-state index is 12.9. The maximum atomic E-state index is 12.9. The second-order valence-electron chi connectivity index (χ2n) is 5.57. The Morgan fingerprint density at radius 2 is 1.97 bits per heavy atom. The van der Waals surface area contributed by atoms with Crippen LogP contribution in [-0.4, -0.2) is 33.6 Å². The minimum Gasteiger partial charge on any atom is -0.454 e. The number of hydrazone groups is 1. The largest absolute Gasteiger partial charge is 0.454 e. The van der Waals surface area contributed by atoms with Crippen LogP contribution in [0.2, 0.25) is 0 Å². The molecule has 3 rings (SSSR count). The molecule has 10 nitrogen and oxygen atoms in total. The number of ether oxygens (including phenoxy) is 2. The van der Waals surface area contributed by atoms with Crippen molar-refractivity contribution in [3.8, 4) is 11.5 Å². The van der Waals surface area contributed by atoms with Gasteiger partial charge in [0.05, 0.1) is 22.8 Å². The molecule has 0 fully saturated rings. The van der Waals surface area contributed by atoms with Crippen LogP contribution >= 0.6 is 0 Å². The third-order valence-electron chi connectivity index (χ3n) is 3.68. The molecular formula is C15H11F4N5O5. The van der Waals surface area contributed by atoms with Crippen molar-refractivity contribution in [3.63, 3.8) is 0 Å². The molecular weight excluding hydrogens is 406 g/mol. The third kappa shape index (κ3) is 4.41. The number of nitro groups is 1. The fraction of sp³-hybridized carbons (Fsp3) is 0.267. The van der Waals surface area contributed by atoms with Gasteiger partial charge in [0.2, 0.25) is 6.79 Å². The Kier molecular flexibility index (Phi) is 5.61. The number of halogens is 4. The molecule has 0 aliphatic carbocycles. The van der Waals surface area contributed by atoms with Crippen molar-refractivity contribution < 1.29 is 36.8 Å². The van der Waals surface area contributed by atoms with Gasteiger partial charge in [0.1, 0.15) is 17.9 Å². The van der Waals surface area contributed by atoms with Crippen LogP contribution < -0.4 is 14.9 Å². The summed E-state index contributed by atoms with van der Waals surface area (Å²) in [5.41, 5.74) is -0.186. The van der Waals surface area contributed by atoms with Crippen molar-refractivity contribution in [1.82, 2.24) is 15.2 Å². The molecule has 1 N–H and O–H groups in total. The van der Waals surface area contributed by atoms with Crippen molar-refractivity contribution in [2.75, 3.05) is 6.79 Å². The number of alkyl halides is 4. The van der Waals surface area contributed by atoms with E-state index in [-0.39, 0.29) is 29.5 Å². The monoisotopic (exact) mass is 417 g/mol. The Morgan fingerprint density at radius 1 is 1.28 bits per heavy atom. The molecule has 1 aromatic heterocycles. The summed E-state index contributed by atoms with van der Waals surface area (Å²) >= 11 is 0. The van der Waals surface area contributed by atoms with Crippen molar-refractivity contribution >= 4 is 17.8 Å². The van der Waals surface area contributed by atoms with Crippen molar-refractivity contribution in [2.45, 2.75) is 19.4 Å². The molecule has 14 heteroatoms. The van der Waals surface area contributed by atoms with E-state index in [1.807, 2.05) is 5.43 Å². The molecule has 0 saturated heterocycles. The summed E-state index contributed by atoms with van der Waals surface area (Å²) < 4.78 is 61.6. The van der Waals surface area contributed by atoms with Crippen LogP contribution in [0.15, 0.2) is 23.3 Å². The van der Waals surface area contributed by atoms with Gasteiger partial charge in [-0.1, -0.05) is 0 Å². The number of fused-ring (bicyclic) bond motifs is 1. The van der Waals surface area contributed by atoms with Crippen LogP contribution in [0.3, 0.4) is 0 Å². The first-order valence-electron chi connectivity index (χ1n) is 7.80. The highest BCUT2D eigenvalue weighted by Crippen LogP contribution is 2.37. The number of nitrogens with one attached hydrogen (secondary N) is 1. The average Bonchev–Trinajstić information content (AvgIpc) is 3.27. The standard InChI is InChI=1S/C15H11F4N5O5/c16-14(17)8-2-10(15(18)19)23(22-8)5-13(25)21-20-4-7-1-11-12(29-6-28-11)3-9(7)24(26)27/h1-4,14-15H,5-6H2,(H,21,25)/b20-4+. The Bertz CT molecular complexity index is 978. The predicted octanol–water partition coefficient (Wildman–Crippen LogP) is 2.55. The fourth-order valence-corrected chi connectivity index (χ4v) is 2.41. The summed E-state index contributed by atoms with van der Waals surface area (Å²) in [6, 6.07) is 2.89. The molecule has 0 bridgehead atoms. The van der Waals surface area contributed by atoms with E-state index in [9.17, 15) is 32.5 Å². The number of benzene rings is 1. The lowest BCUT2D eigenvalue weighted by Gasteiger charge is -2.05. The number of aromatic nitrogens is 2. The van der Waals surface area contributed by atoms with Gasteiger partial charge in [0.15, 0.2) is 11.5 Å². The molecule has 1 aromatic carbocycles. The van der Waals surface area contributed by atoms with Gasteiger partial charge >= 0.3 is 0 Å². The smallest absolute Gasteiger partial charge is 0.282 e. The SMILES string of the molecule is O=C(Cn1nc(C(F)F)cc1C(F)F)N/N=C/c1cc2c(cc1[N+](=O)[O-])OCO2. The topological polar surface area (TPSA) is 121 Å². The average molecular weight is 417 g/mol. The molecule has 0 unspecified atom stereocenters. The highest BCUT2D eigenvalue weighted by atomic mass is 19.3. The van der Waals surface area contributed by atoms with Gasteiger partial charge < -0.3 is 9.47 Å². The zero-order chi connectivity index (χ0) is 21.1. The number of hydrogen-bond acceptors (Lipinski definition) is 7. The second kappa shape index (κ2) is 8.12. The minimum atomic E-state index is -3.12. The summed E-state index contributed by atoms with van der Waals surface area (Å²) in [7, 11) is 0. The summed E-state index contributed by atoms with van der Waals surface area (Å²) in [6.45, 7) is -0.923. The fourth-order valence-electron chi connectivity index (χ4n) is 2.41. The first-order chi connectivity index (χ1) is 13.8. The molecule has 1 amide bonds. The Labute approximate surface area is 158 Å². The Hall–Kier alpha value is -3.71. The van der Waals surface area contributed by atoms with Gasteiger partial charge in [0, 0.05) is 0 Å². The predicted molar refractivity (Wildman–Crippen MR) is 87.1 cm³/mol. The minimum absolute atomic E-state index is 0.0214. The van der Waals surface area contributed by atoms with E-state index in [0.29, 0.717) is 10.7 Å². The molecule has 0 saturated carbocycles. The first-order valence-corrected chi connectivity index (χ1v) is 7.80. The van der Waals surface area contributed by atoms with Gasteiger partial charge in [-0.2, -0.15) is 10.2 Å². The van der Waals surface area contributed by atoms with Crippen LogP contribution in [-0.2, 0) is 11.3 Å². The van der Waals surface area contributed by atoms with Gasteiger partial charge in [-0.05, 0) is 12.1 Å². The summed E-state index contributed by atoms with van der Waals surface area (Å²) in [5.74, 6) is -0.553. The lowest BCUT2D eigenvalue weighted by Crippen LogP contribution is -2.25. The third-order valence-corrected chi connectivity index (χ3v) is 3.68. The van der Waals surface area contributed by atoms with Gasteiger partial charge in [-0.3, -0.25) is 19.6 Å².